The highest BCUT2D eigenvalue weighted by molar-refractivity contribution is 5.79. The zero-order valence-corrected chi connectivity index (χ0v) is 12.6. The molecule has 0 aromatic heterocycles. The van der Waals surface area contributed by atoms with Crippen molar-refractivity contribution in [2.45, 2.75) is 64.8 Å². The molecule has 0 radical (unpaired) electrons. The maximum Gasteiger partial charge on any atom is 0.225 e. The molecule has 3 nitrogen and oxygen atoms in total. The second-order valence-electron chi connectivity index (χ2n) is 6.96. The number of carbonyl (C=O) groups is 1. The molecule has 1 amide bonds. The summed E-state index contributed by atoms with van der Waals surface area (Å²) in [6, 6.07) is 0.184. The van der Waals surface area contributed by atoms with Crippen LogP contribution in [0.15, 0.2) is 0 Å². The van der Waals surface area contributed by atoms with E-state index in [4.69, 9.17) is 5.73 Å². The van der Waals surface area contributed by atoms with E-state index < -0.39 is 0 Å². The summed E-state index contributed by atoms with van der Waals surface area (Å²) in [7, 11) is 0. The van der Waals surface area contributed by atoms with Gasteiger partial charge in [-0.1, -0.05) is 33.1 Å². The van der Waals surface area contributed by atoms with E-state index in [2.05, 4.69) is 18.7 Å². The molecule has 2 unspecified atom stereocenters. The number of rotatable bonds is 3. The Bertz CT molecular complexity index is 297. The Morgan fingerprint density at radius 1 is 1.21 bits per heavy atom. The highest BCUT2D eigenvalue weighted by atomic mass is 16.2. The lowest BCUT2D eigenvalue weighted by Crippen LogP contribution is -2.52. The summed E-state index contributed by atoms with van der Waals surface area (Å²) >= 11 is 0. The first-order valence-corrected chi connectivity index (χ1v) is 8.12. The minimum atomic E-state index is 0.184. The lowest BCUT2D eigenvalue weighted by Gasteiger charge is -2.39. The topological polar surface area (TPSA) is 46.3 Å². The van der Waals surface area contributed by atoms with Gasteiger partial charge in [0.2, 0.25) is 5.91 Å². The minimum Gasteiger partial charge on any atom is -0.341 e. The van der Waals surface area contributed by atoms with Gasteiger partial charge in [0.25, 0.3) is 0 Å². The van der Waals surface area contributed by atoms with Crippen LogP contribution in [0.2, 0.25) is 0 Å². The number of likely N-dealkylation sites (tertiary alicyclic amines) is 1. The molecule has 2 aliphatic rings. The summed E-state index contributed by atoms with van der Waals surface area (Å²) in [6.45, 7) is 6.23. The fourth-order valence-corrected chi connectivity index (χ4v) is 3.74. The minimum absolute atomic E-state index is 0.184. The number of piperidine rings is 1. The Kier molecular flexibility index (Phi) is 5.26. The highest BCUT2D eigenvalue weighted by Gasteiger charge is 2.32. The quantitative estimate of drug-likeness (QED) is 0.854. The molecule has 1 heterocycles. The molecule has 2 N–H and O–H groups in total. The van der Waals surface area contributed by atoms with E-state index in [0.717, 1.165) is 32.4 Å². The molecule has 19 heavy (non-hydrogen) atoms. The number of hydrogen-bond donors (Lipinski definition) is 1. The van der Waals surface area contributed by atoms with Crippen molar-refractivity contribution < 1.29 is 4.79 Å². The summed E-state index contributed by atoms with van der Waals surface area (Å²) < 4.78 is 0. The summed E-state index contributed by atoms with van der Waals surface area (Å²) in [4.78, 5) is 14.6. The van der Waals surface area contributed by atoms with Gasteiger partial charge in [0, 0.05) is 25.0 Å². The first-order valence-electron chi connectivity index (χ1n) is 8.12. The Morgan fingerprint density at radius 2 is 1.89 bits per heavy atom. The van der Waals surface area contributed by atoms with Gasteiger partial charge in [-0.3, -0.25) is 4.79 Å². The molecular weight excluding hydrogens is 236 g/mol. The molecule has 2 rings (SSSR count). The van der Waals surface area contributed by atoms with Crippen molar-refractivity contribution in [3.63, 3.8) is 0 Å². The average Bonchev–Trinajstić information content (AvgIpc) is 2.41. The number of carbonyl (C=O) groups excluding carboxylic acids is 1. The standard InChI is InChI=1S/C16H30N2O/c1-12(2)10-14-8-9-18(11-15(14)17)16(19)13-6-4-3-5-7-13/h12-15H,3-11,17H2,1-2H3. The van der Waals surface area contributed by atoms with E-state index in [0.29, 0.717) is 23.7 Å². The van der Waals surface area contributed by atoms with E-state index in [-0.39, 0.29) is 6.04 Å². The summed E-state index contributed by atoms with van der Waals surface area (Å²) in [5.74, 6) is 1.99. The molecule has 3 heteroatoms. The van der Waals surface area contributed by atoms with Crippen molar-refractivity contribution in [1.29, 1.82) is 0 Å². The highest BCUT2D eigenvalue weighted by Crippen LogP contribution is 2.28. The number of nitrogens with zero attached hydrogens (tertiary/aromatic N) is 1. The monoisotopic (exact) mass is 266 g/mol. The van der Waals surface area contributed by atoms with Crippen LogP contribution in [0.3, 0.4) is 0 Å². The smallest absolute Gasteiger partial charge is 0.225 e. The lowest BCUT2D eigenvalue weighted by molar-refractivity contribution is -0.138. The van der Waals surface area contributed by atoms with Gasteiger partial charge in [-0.05, 0) is 37.5 Å². The van der Waals surface area contributed by atoms with E-state index in [1.165, 1.54) is 25.7 Å². The van der Waals surface area contributed by atoms with Crippen molar-refractivity contribution in [2.75, 3.05) is 13.1 Å². The maximum absolute atomic E-state index is 12.5. The van der Waals surface area contributed by atoms with Gasteiger partial charge >= 0.3 is 0 Å². The van der Waals surface area contributed by atoms with E-state index >= 15 is 0 Å². The van der Waals surface area contributed by atoms with Gasteiger partial charge in [0.05, 0.1) is 0 Å². The lowest BCUT2D eigenvalue weighted by atomic mass is 9.83. The zero-order chi connectivity index (χ0) is 13.8. The van der Waals surface area contributed by atoms with Gasteiger partial charge < -0.3 is 10.6 Å². The zero-order valence-electron chi connectivity index (χ0n) is 12.6. The SMILES string of the molecule is CC(C)CC1CCN(C(=O)C2CCCCC2)CC1N. The molecule has 2 atom stereocenters. The van der Waals surface area contributed by atoms with Gasteiger partial charge in [-0.2, -0.15) is 0 Å². The third-order valence-electron chi connectivity index (χ3n) is 4.85. The van der Waals surface area contributed by atoms with Crippen LogP contribution in [-0.2, 0) is 4.79 Å². The normalized spacial score (nSPS) is 29.8. The first-order chi connectivity index (χ1) is 9.08. The summed E-state index contributed by atoms with van der Waals surface area (Å²) in [6.07, 6.45) is 8.25. The fourth-order valence-electron chi connectivity index (χ4n) is 3.74. The van der Waals surface area contributed by atoms with Crippen LogP contribution in [0, 0.1) is 17.8 Å². The van der Waals surface area contributed by atoms with Crippen molar-refractivity contribution in [3.8, 4) is 0 Å². The predicted molar refractivity (Wildman–Crippen MR) is 78.7 cm³/mol. The third-order valence-corrected chi connectivity index (χ3v) is 4.85. The first kappa shape index (κ1) is 14.8. The average molecular weight is 266 g/mol. The molecule has 110 valence electrons. The molecule has 0 aromatic rings. The van der Waals surface area contributed by atoms with Crippen LogP contribution in [0.5, 0.6) is 0 Å². The molecule has 2 fully saturated rings. The molecule has 1 saturated heterocycles. The fraction of sp³-hybridized carbons (Fsp3) is 0.938. The van der Waals surface area contributed by atoms with Crippen molar-refractivity contribution >= 4 is 5.91 Å². The molecular formula is C16H30N2O. The van der Waals surface area contributed by atoms with E-state index in [1.54, 1.807) is 0 Å². The van der Waals surface area contributed by atoms with Crippen LogP contribution >= 0.6 is 0 Å². The van der Waals surface area contributed by atoms with Crippen LogP contribution < -0.4 is 5.73 Å². The Morgan fingerprint density at radius 3 is 2.47 bits per heavy atom. The molecule has 1 aliphatic heterocycles. The second-order valence-corrected chi connectivity index (χ2v) is 6.96. The summed E-state index contributed by atoms with van der Waals surface area (Å²) in [5.41, 5.74) is 6.29. The number of nitrogens with two attached hydrogens (primary N) is 1. The molecule has 1 aliphatic carbocycles. The van der Waals surface area contributed by atoms with Gasteiger partial charge in [-0.25, -0.2) is 0 Å². The molecule has 0 bridgehead atoms. The Hall–Kier alpha value is -0.570. The Balaban J connectivity index is 1.85. The predicted octanol–water partition coefficient (Wildman–Crippen LogP) is 2.79. The second kappa shape index (κ2) is 6.74. The van der Waals surface area contributed by atoms with Gasteiger partial charge in [0.1, 0.15) is 0 Å². The third kappa shape index (κ3) is 3.95. The molecule has 0 spiro atoms. The maximum atomic E-state index is 12.5. The van der Waals surface area contributed by atoms with Gasteiger partial charge in [-0.15, -0.1) is 0 Å². The van der Waals surface area contributed by atoms with Crippen LogP contribution in [0.4, 0.5) is 0 Å². The van der Waals surface area contributed by atoms with Crippen molar-refractivity contribution in [2.24, 2.45) is 23.5 Å². The van der Waals surface area contributed by atoms with Crippen LogP contribution in [0.25, 0.3) is 0 Å². The van der Waals surface area contributed by atoms with Crippen LogP contribution in [-0.4, -0.2) is 29.9 Å². The largest absolute Gasteiger partial charge is 0.341 e. The van der Waals surface area contributed by atoms with Gasteiger partial charge in [0.15, 0.2) is 0 Å². The van der Waals surface area contributed by atoms with E-state index in [1.807, 2.05) is 0 Å². The summed E-state index contributed by atoms with van der Waals surface area (Å²) in [5, 5.41) is 0. The van der Waals surface area contributed by atoms with Crippen molar-refractivity contribution in [1.82, 2.24) is 4.90 Å². The van der Waals surface area contributed by atoms with Crippen LogP contribution in [0.1, 0.15) is 58.8 Å². The van der Waals surface area contributed by atoms with E-state index in [9.17, 15) is 4.79 Å². The number of amides is 1. The Labute approximate surface area is 117 Å². The van der Waals surface area contributed by atoms with Crippen molar-refractivity contribution in [3.05, 3.63) is 0 Å². The number of hydrogen-bond acceptors (Lipinski definition) is 2. The molecule has 0 aromatic carbocycles. The molecule has 1 saturated carbocycles.